The average molecular weight is 471 g/mol. The molecule has 0 spiro atoms. The maximum Gasteiger partial charge on any atom is 0.161 e. The maximum atomic E-state index is 6.39. The lowest BCUT2D eigenvalue weighted by Gasteiger charge is -2.35. The highest BCUT2D eigenvalue weighted by atomic mass is 16.5. The van der Waals surface area contributed by atoms with E-state index in [-0.39, 0.29) is 0 Å². The van der Waals surface area contributed by atoms with Crippen molar-refractivity contribution >= 4 is 5.69 Å². The largest absolute Gasteiger partial charge is 0.493 e. The molecule has 2 fully saturated rings. The zero-order chi connectivity index (χ0) is 23.9. The van der Waals surface area contributed by atoms with Gasteiger partial charge in [-0.15, -0.1) is 0 Å². The van der Waals surface area contributed by atoms with Gasteiger partial charge in [0, 0.05) is 25.3 Å². The molecule has 3 aromatic rings. The van der Waals surface area contributed by atoms with Gasteiger partial charge in [-0.25, -0.2) is 0 Å². The first-order valence-corrected chi connectivity index (χ1v) is 13.2. The van der Waals surface area contributed by atoms with Gasteiger partial charge in [-0.05, 0) is 85.9 Å². The van der Waals surface area contributed by atoms with Crippen LogP contribution in [0.15, 0.2) is 78.9 Å². The van der Waals surface area contributed by atoms with Crippen LogP contribution in [0.3, 0.4) is 0 Å². The molecular formula is C31H38N2O2. The van der Waals surface area contributed by atoms with Crippen LogP contribution in [0, 0.1) is 5.92 Å². The van der Waals surface area contributed by atoms with E-state index in [0.29, 0.717) is 17.9 Å². The lowest BCUT2D eigenvalue weighted by molar-refractivity contribution is 0.200. The van der Waals surface area contributed by atoms with E-state index in [1.54, 1.807) is 7.11 Å². The van der Waals surface area contributed by atoms with Crippen molar-refractivity contribution in [2.24, 2.45) is 5.92 Å². The highest BCUT2D eigenvalue weighted by Gasteiger charge is 2.26. The molecule has 184 valence electrons. The molecular weight excluding hydrogens is 432 g/mol. The third-order valence-electron chi connectivity index (χ3n) is 7.51. The van der Waals surface area contributed by atoms with E-state index in [1.807, 2.05) is 0 Å². The fraction of sp³-hybridized carbons (Fsp3) is 0.419. The van der Waals surface area contributed by atoms with Crippen molar-refractivity contribution in [3.63, 3.8) is 0 Å². The summed E-state index contributed by atoms with van der Waals surface area (Å²) in [7, 11) is 1.74. The minimum absolute atomic E-state index is 0.328. The summed E-state index contributed by atoms with van der Waals surface area (Å²) in [4.78, 5) is 2.53. The third-order valence-corrected chi connectivity index (χ3v) is 7.51. The van der Waals surface area contributed by atoms with Gasteiger partial charge in [-0.3, -0.25) is 0 Å². The molecule has 1 saturated carbocycles. The first-order valence-electron chi connectivity index (χ1n) is 13.2. The average Bonchev–Trinajstić information content (AvgIpc) is 3.43. The van der Waals surface area contributed by atoms with Crippen molar-refractivity contribution in [2.75, 3.05) is 31.6 Å². The van der Waals surface area contributed by atoms with Gasteiger partial charge >= 0.3 is 0 Å². The van der Waals surface area contributed by atoms with Crippen LogP contribution < -0.4 is 19.7 Å². The number of benzene rings is 3. The molecule has 0 radical (unpaired) electrons. The van der Waals surface area contributed by atoms with Crippen LogP contribution in [-0.4, -0.2) is 32.8 Å². The van der Waals surface area contributed by atoms with E-state index in [9.17, 15) is 0 Å². The van der Waals surface area contributed by atoms with Gasteiger partial charge in [0.15, 0.2) is 11.5 Å². The summed E-state index contributed by atoms with van der Waals surface area (Å²) >= 11 is 0. The normalized spacial score (nSPS) is 20.5. The molecule has 5 rings (SSSR count). The number of para-hydroxylation sites is 1. The number of methoxy groups -OCH3 is 1. The molecule has 3 aromatic carbocycles. The molecule has 0 bridgehead atoms. The van der Waals surface area contributed by atoms with Gasteiger partial charge in [-0.1, -0.05) is 54.6 Å². The number of hydrogen-bond donors (Lipinski definition) is 1. The molecule has 2 atom stereocenters. The Hall–Kier alpha value is -2.98. The summed E-state index contributed by atoms with van der Waals surface area (Å²) in [6.45, 7) is 4.02. The molecule has 1 N–H and O–H groups in total. The molecule has 1 aliphatic carbocycles. The van der Waals surface area contributed by atoms with Crippen LogP contribution in [-0.2, 0) is 6.54 Å². The number of anilines is 1. The SMILES string of the molecule is COc1ccc([C@H]2CNC[C@@H](CN(Cc3ccccc3)c3ccccc3)C2)cc1OC1CCCC1. The van der Waals surface area contributed by atoms with Crippen molar-refractivity contribution < 1.29 is 9.47 Å². The highest BCUT2D eigenvalue weighted by molar-refractivity contribution is 5.47. The minimum atomic E-state index is 0.328. The van der Waals surface area contributed by atoms with Crippen molar-refractivity contribution in [3.8, 4) is 11.5 Å². The van der Waals surface area contributed by atoms with Crippen LogP contribution in [0.2, 0.25) is 0 Å². The Bertz CT molecular complexity index is 1050. The molecule has 1 saturated heterocycles. The Morgan fingerprint density at radius 1 is 0.857 bits per heavy atom. The minimum Gasteiger partial charge on any atom is -0.493 e. The number of piperidine rings is 1. The molecule has 35 heavy (non-hydrogen) atoms. The van der Waals surface area contributed by atoms with Crippen molar-refractivity contribution in [2.45, 2.75) is 50.7 Å². The summed E-state index contributed by atoms with van der Waals surface area (Å²) in [5, 5.41) is 3.73. The van der Waals surface area contributed by atoms with Gasteiger partial charge in [0.2, 0.25) is 0 Å². The quantitative estimate of drug-likeness (QED) is 0.391. The Morgan fingerprint density at radius 3 is 2.34 bits per heavy atom. The number of nitrogens with one attached hydrogen (secondary N) is 1. The van der Waals surface area contributed by atoms with Gasteiger partial charge < -0.3 is 19.7 Å². The summed E-state index contributed by atoms with van der Waals surface area (Å²) in [6, 6.07) is 28.2. The standard InChI is InChI=1S/C31H38N2O2/c1-34-30-17-16-26(19-31(30)35-29-14-8-9-15-29)27-18-25(20-32-21-27)23-33(28-12-6-3-7-13-28)22-24-10-4-2-5-11-24/h2-7,10-13,16-17,19,25,27,29,32H,8-9,14-15,18,20-23H2,1H3/t25-,27+/m0/s1. The second-order valence-corrected chi connectivity index (χ2v) is 10.1. The summed E-state index contributed by atoms with van der Waals surface area (Å²) in [6.07, 6.45) is 6.33. The molecule has 4 nitrogen and oxygen atoms in total. The number of ether oxygens (including phenoxy) is 2. The number of hydrogen-bond acceptors (Lipinski definition) is 4. The molecule has 1 aliphatic heterocycles. The van der Waals surface area contributed by atoms with Gasteiger partial charge in [-0.2, -0.15) is 0 Å². The Kier molecular flexibility index (Phi) is 7.89. The van der Waals surface area contributed by atoms with E-state index in [2.05, 4.69) is 89.1 Å². The molecule has 0 amide bonds. The topological polar surface area (TPSA) is 33.7 Å². The van der Waals surface area contributed by atoms with Crippen LogP contribution in [0.1, 0.15) is 49.1 Å². The zero-order valence-corrected chi connectivity index (χ0v) is 20.9. The van der Waals surface area contributed by atoms with Crippen molar-refractivity contribution in [3.05, 3.63) is 90.0 Å². The summed E-state index contributed by atoms with van der Waals surface area (Å²) in [5.41, 5.74) is 3.99. The summed E-state index contributed by atoms with van der Waals surface area (Å²) in [5.74, 6) is 2.80. The van der Waals surface area contributed by atoms with Crippen LogP contribution in [0.5, 0.6) is 11.5 Å². The second kappa shape index (κ2) is 11.6. The van der Waals surface area contributed by atoms with Crippen LogP contribution >= 0.6 is 0 Å². The van der Waals surface area contributed by atoms with Crippen molar-refractivity contribution in [1.82, 2.24) is 5.32 Å². The van der Waals surface area contributed by atoms with E-state index in [4.69, 9.17) is 9.47 Å². The van der Waals surface area contributed by atoms with Gasteiger partial charge in [0.05, 0.1) is 13.2 Å². The zero-order valence-electron chi connectivity index (χ0n) is 20.9. The maximum absolute atomic E-state index is 6.39. The predicted molar refractivity (Wildman–Crippen MR) is 144 cm³/mol. The molecule has 1 heterocycles. The molecule has 2 aliphatic rings. The Labute approximate surface area is 210 Å². The fourth-order valence-electron chi connectivity index (χ4n) is 5.66. The highest BCUT2D eigenvalue weighted by Crippen LogP contribution is 2.36. The lowest BCUT2D eigenvalue weighted by atomic mass is 9.85. The number of nitrogens with zero attached hydrogens (tertiary/aromatic N) is 1. The monoisotopic (exact) mass is 470 g/mol. The van der Waals surface area contributed by atoms with Crippen LogP contribution in [0.4, 0.5) is 5.69 Å². The third kappa shape index (κ3) is 6.18. The van der Waals surface area contributed by atoms with E-state index < -0.39 is 0 Å². The van der Waals surface area contributed by atoms with Crippen LogP contribution in [0.25, 0.3) is 0 Å². The Morgan fingerprint density at radius 2 is 1.60 bits per heavy atom. The lowest BCUT2D eigenvalue weighted by Crippen LogP contribution is -2.41. The van der Waals surface area contributed by atoms with Crippen molar-refractivity contribution in [1.29, 1.82) is 0 Å². The Balaban J connectivity index is 1.30. The fourth-order valence-corrected chi connectivity index (χ4v) is 5.66. The van der Waals surface area contributed by atoms with Gasteiger partial charge in [0.1, 0.15) is 0 Å². The molecule has 4 heteroatoms. The molecule has 0 unspecified atom stereocenters. The van der Waals surface area contributed by atoms with E-state index in [0.717, 1.165) is 50.5 Å². The van der Waals surface area contributed by atoms with E-state index >= 15 is 0 Å². The molecule has 0 aromatic heterocycles. The second-order valence-electron chi connectivity index (χ2n) is 10.1. The first-order chi connectivity index (χ1) is 17.3. The predicted octanol–water partition coefficient (Wildman–Crippen LogP) is 6.42. The van der Waals surface area contributed by atoms with E-state index in [1.165, 1.54) is 36.1 Å². The first kappa shape index (κ1) is 23.7. The smallest absolute Gasteiger partial charge is 0.161 e. The number of rotatable bonds is 9. The summed E-state index contributed by atoms with van der Waals surface area (Å²) < 4.78 is 12.0. The van der Waals surface area contributed by atoms with Gasteiger partial charge in [0.25, 0.3) is 0 Å².